The van der Waals surface area contributed by atoms with Gasteiger partial charge < -0.3 is 30.7 Å². The minimum atomic E-state index is -0.833. The number of hydrogen-bond acceptors (Lipinski definition) is 8. The Kier molecular flexibility index (Phi) is 12.1. The van der Waals surface area contributed by atoms with Crippen molar-refractivity contribution in [3.8, 4) is 22.8 Å². The smallest absolute Gasteiger partial charge is 0.300 e. The number of nitrogens with two attached hydrogens (primary N) is 1. The predicted molar refractivity (Wildman–Crippen MR) is 130 cm³/mol. The number of pyridine rings is 1. The highest BCUT2D eigenvalue weighted by Gasteiger charge is 2.10. The maximum absolute atomic E-state index is 9.00. The van der Waals surface area contributed by atoms with Crippen molar-refractivity contribution < 1.29 is 29.3 Å². The highest BCUT2D eigenvalue weighted by molar-refractivity contribution is 7.14. The molecular weight excluding hydrogens is 462 g/mol. The Balaban J connectivity index is 0.000000629. The lowest BCUT2D eigenvalue weighted by atomic mass is 10.2. The Morgan fingerprint density at radius 2 is 1.68 bits per heavy atom. The topological polar surface area (TPSA) is 169 Å². The molecule has 34 heavy (non-hydrogen) atoms. The van der Waals surface area contributed by atoms with E-state index in [1.54, 1.807) is 26.6 Å². The van der Waals surface area contributed by atoms with Gasteiger partial charge in [-0.05, 0) is 24.3 Å². The van der Waals surface area contributed by atoms with E-state index in [0.29, 0.717) is 23.2 Å². The maximum atomic E-state index is 9.00. The van der Waals surface area contributed by atoms with Gasteiger partial charge in [0, 0.05) is 37.2 Å². The van der Waals surface area contributed by atoms with E-state index in [1.165, 1.54) is 11.3 Å². The molecule has 0 spiro atoms. The highest BCUT2D eigenvalue weighted by Crippen LogP contribution is 2.29. The highest BCUT2D eigenvalue weighted by atomic mass is 32.1. The summed E-state index contributed by atoms with van der Waals surface area (Å²) in [6, 6.07) is 9.41. The van der Waals surface area contributed by atoms with E-state index >= 15 is 0 Å². The first-order valence-electron chi connectivity index (χ1n) is 9.69. The van der Waals surface area contributed by atoms with Crippen molar-refractivity contribution in [1.29, 1.82) is 0 Å². The van der Waals surface area contributed by atoms with Gasteiger partial charge >= 0.3 is 0 Å². The number of methoxy groups -OCH3 is 2. The number of ether oxygens (including phenoxy) is 2. The first kappa shape index (κ1) is 27.8. The molecule has 0 radical (unpaired) electrons. The van der Waals surface area contributed by atoms with Gasteiger partial charge in [0.15, 0.2) is 11.1 Å². The number of nitrogens with one attached hydrogen (secondary N) is 1. The van der Waals surface area contributed by atoms with Gasteiger partial charge in [0.1, 0.15) is 11.5 Å². The summed E-state index contributed by atoms with van der Waals surface area (Å²) >= 11 is 1.45. The molecule has 2 aromatic heterocycles. The summed E-state index contributed by atoms with van der Waals surface area (Å²) in [5, 5.41) is 20.4. The molecule has 182 valence electrons. The van der Waals surface area contributed by atoms with Crippen LogP contribution in [0.25, 0.3) is 11.3 Å². The van der Waals surface area contributed by atoms with E-state index in [1.807, 2.05) is 35.7 Å². The molecule has 3 aromatic rings. The van der Waals surface area contributed by atoms with Gasteiger partial charge in [0.05, 0.1) is 32.0 Å². The zero-order valence-electron chi connectivity index (χ0n) is 19.2. The van der Waals surface area contributed by atoms with Crippen LogP contribution in [0.3, 0.4) is 0 Å². The normalized spacial score (nSPS) is 10.1. The number of carbonyl (C=O) groups is 2. The number of aliphatic imine (C=N–C) groups is 1. The van der Waals surface area contributed by atoms with Crippen LogP contribution in [-0.4, -0.2) is 52.3 Å². The molecule has 0 aliphatic rings. The van der Waals surface area contributed by atoms with Crippen LogP contribution in [0.15, 0.2) is 53.1 Å². The summed E-state index contributed by atoms with van der Waals surface area (Å²) in [6.07, 6.45) is 3.50. The number of nitrogens with zero attached hydrogens (tertiary/aromatic N) is 3. The lowest BCUT2D eigenvalue weighted by molar-refractivity contribution is -0.135. The maximum Gasteiger partial charge on any atom is 0.300 e. The van der Waals surface area contributed by atoms with Crippen LogP contribution in [0.5, 0.6) is 11.5 Å². The molecule has 0 bridgehead atoms. The Morgan fingerprint density at radius 3 is 2.18 bits per heavy atom. The van der Waals surface area contributed by atoms with Gasteiger partial charge in [-0.1, -0.05) is 6.07 Å². The predicted octanol–water partition coefficient (Wildman–Crippen LogP) is 3.33. The fourth-order valence-corrected chi connectivity index (χ4v) is 3.10. The van der Waals surface area contributed by atoms with Gasteiger partial charge in [-0.25, -0.2) is 9.98 Å². The van der Waals surface area contributed by atoms with Crippen LogP contribution in [0.2, 0.25) is 0 Å². The monoisotopic (exact) mass is 489 g/mol. The average molecular weight is 490 g/mol. The van der Waals surface area contributed by atoms with Crippen LogP contribution in [0.1, 0.15) is 19.4 Å². The fourth-order valence-electron chi connectivity index (χ4n) is 2.38. The molecule has 2 heterocycles. The molecule has 0 aliphatic heterocycles. The molecule has 0 aliphatic carbocycles. The molecule has 0 saturated carbocycles. The van der Waals surface area contributed by atoms with Crippen LogP contribution >= 0.6 is 11.3 Å². The quantitative estimate of drug-likeness (QED) is 0.297. The minimum absolute atomic E-state index is 0.269. The third-order valence-corrected chi connectivity index (χ3v) is 4.39. The number of rotatable bonds is 6. The third kappa shape index (κ3) is 10.4. The first-order valence-corrected chi connectivity index (χ1v) is 10.6. The lowest BCUT2D eigenvalue weighted by Crippen LogP contribution is -2.22. The fraction of sp³-hybridized carbons (Fsp3) is 0.227. The van der Waals surface area contributed by atoms with Crippen molar-refractivity contribution in [2.75, 3.05) is 19.5 Å². The summed E-state index contributed by atoms with van der Waals surface area (Å²) in [5.74, 6) is 0.00747. The second-order valence-electron chi connectivity index (χ2n) is 6.29. The lowest BCUT2D eigenvalue weighted by Gasteiger charge is -2.11. The number of benzene rings is 1. The molecule has 3 rings (SSSR count). The second-order valence-corrected chi connectivity index (χ2v) is 7.14. The summed E-state index contributed by atoms with van der Waals surface area (Å²) in [7, 11) is 3.22. The molecule has 11 nitrogen and oxygen atoms in total. The van der Waals surface area contributed by atoms with E-state index in [-0.39, 0.29) is 5.96 Å². The molecule has 0 atom stereocenters. The Labute approximate surface area is 200 Å². The van der Waals surface area contributed by atoms with E-state index in [0.717, 1.165) is 30.7 Å². The zero-order chi connectivity index (χ0) is 25.5. The summed E-state index contributed by atoms with van der Waals surface area (Å²) in [4.78, 5) is 31.0. The van der Waals surface area contributed by atoms with Crippen molar-refractivity contribution in [3.63, 3.8) is 0 Å². The van der Waals surface area contributed by atoms with Crippen LogP contribution in [-0.2, 0) is 16.1 Å². The van der Waals surface area contributed by atoms with Crippen LogP contribution in [0.4, 0.5) is 5.13 Å². The molecule has 5 N–H and O–H groups in total. The van der Waals surface area contributed by atoms with Gasteiger partial charge in [-0.15, -0.1) is 11.3 Å². The van der Waals surface area contributed by atoms with Crippen molar-refractivity contribution in [1.82, 2.24) is 9.97 Å². The van der Waals surface area contributed by atoms with Crippen LogP contribution < -0.4 is 20.5 Å². The van der Waals surface area contributed by atoms with Gasteiger partial charge in [0.2, 0.25) is 0 Å². The summed E-state index contributed by atoms with van der Waals surface area (Å²) in [6.45, 7) is 2.49. The van der Waals surface area contributed by atoms with Crippen molar-refractivity contribution in [2.24, 2.45) is 10.7 Å². The number of carboxylic acids is 2. The number of anilines is 1. The van der Waals surface area contributed by atoms with Gasteiger partial charge in [-0.2, -0.15) is 0 Å². The van der Waals surface area contributed by atoms with Gasteiger partial charge in [0.25, 0.3) is 11.9 Å². The molecule has 12 heteroatoms. The third-order valence-electron chi connectivity index (χ3n) is 3.63. The SMILES string of the molecule is CC(=O)O.CC(=O)O.COc1cccc(OC)c1CN=C(N)Nc1nc(-c2cccnc2)cs1. The molecule has 0 unspecified atom stereocenters. The number of aromatic nitrogens is 2. The summed E-state index contributed by atoms with van der Waals surface area (Å²) in [5.41, 5.74) is 8.61. The number of carboxylic acid groups (broad SMARTS) is 2. The molecule has 1 aromatic carbocycles. The standard InChI is InChI=1S/C18H19N5O2S.2C2H4O2/c1-24-15-6-3-7-16(25-2)13(15)10-21-17(19)23-18-22-14(11-26-18)12-5-4-8-20-9-12;2*1-2(3)4/h3-9,11H,10H2,1-2H3,(H3,19,21,22,23);2*1H3,(H,3,4). The first-order chi connectivity index (χ1) is 16.2. The number of guanidine groups is 1. The van der Waals surface area contributed by atoms with E-state index in [9.17, 15) is 0 Å². The van der Waals surface area contributed by atoms with Crippen molar-refractivity contribution >= 4 is 34.4 Å². The molecule has 0 amide bonds. The Hall–Kier alpha value is -4.19. The summed E-state index contributed by atoms with van der Waals surface area (Å²) < 4.78 is 10.7. The number of aliphatic carboxylic acids is 2. The minimum Gasteiger partial charge on any atom is -0.496 e. The molecule has 0 saturated heterocycles. The zero-order valence-corrected chi connectivity index (χ0v) is 20.0. The van der Waals surface area contributed by atoms with Crippen LogP contribution in [0, 0.1) is 0 Å². The van der Waals surface area contributed by atoms with Crippen molar-refractivity contribution in [2.45, 2.75) is 20.4 Å². The average Bonchev–Trinajstić information content (AvgIpc) is 3.25. The number of hydrogen-bond donors (Lipinski definition) is 4. The van der Waals surface area contributed by atoms with E-state index in [4.69, 9.17) is 35.0 Å². The van der Waals surface area contributed by atoms with E-state index < -0.39 is 11.9 Å². The second kappa shape index (κ2) is 14.8. The van der Waals surface area contributed by atoms with Gasteiger partial charge in [-0.3, -0.25) is 14.6 Å². The Bertz CT molecular complexity index is 1050. The number of thiazole rings is 1. The van der Waals surface area contributed by atoms with Crippen molar-refractivity contribution in [3.05, 3.63) is 53.7 Å². The van der Waals surface area contributed by atoms with E-state index in [2.05, 4.69) is 20.3 Å². The molecule has 0 fully saturated rings. The largest absolute Gasteiger partial charge is 0.496 e. The Morgan fingerprint density at radius 1 is 1.09 bits per heavy atom. The molecular formula is C22H27N5O6S.